The van der Waals surface area contributed by atoms with E-state index in [9.17, 15) is 4.79 Å². The highest BCUT2D eigenvalue weighted by Gasteiger charge is 2.06. The predicted molar refractivity (Wildman–Crippen MR) is 76.3 cm³/mol. The molecule has 0 spiro atoms. The number of ether oxygens (including phenoxy) is 1. The Morgan fingerprint density at radius 3 is 2.89 bits per heavy atom. The summed E-state index contributed by atoms with van der Waals surface area (Å²) in [5.74, 6) is 0.903. The number of nitrogens with zero attached hydrogens (tertiary/aromatic N) is 1. The lowest BCUT2D eigenvalue weighted by atomic mass is 10.2. The van der Waals surface area contributed by atoms with Gasteiger partial charge in [-0.25, -0.2) is 4.57 Å². The Balaban J connectivity index is 1.92. The maximum atomic E-state index is 11.3. The third-order valence-electron chi connectivity index (χ3n) is 2.68. The van der Waals surface area contributed by atoms with Crippen molar-refractivity contribution in [2.75, 3.05) is 6.61 Å². The van der Waals surface area contributed by atoms with E-state index < -0.39 is 0 Å². The van der Waals surface area contributed by atoms with Crippen LogP contribution in [0.25, 0.3) is 0 Å². The Hall–Kier alpha value is -1.68. The van der Waals surface area contributed by atoms with Crippen LogP contribution in [0.1, 0.15) is 17.3 Å². The largest absolute Gasteiger partial charge is 0.487 e. The first-order valence-corrected chi connectivity index (χ1v) is 6.83. The van der Waals surface area contributed by atoms with Gasteiger partial charge in [-0.2, -0.15) is 0 Å². The van der Waals surface area contributed by atoms with Gasteiger partial charge in [-0.1, -0.05) is 22.0 Å². The number of hydrogen-bond acceptors (Lipinski definition) is 2. The molecule has 3 nitrogen and oxygen atoms in total. The summed E-state index contributed by atoms with van der Waals surface area (Å²) >= 11 is 3.40. The zero-order valence-electron chi connectivity index (χ0n) is 10.7. The number of benzene rings is 1. The maximum Gasteiger partial charge on any atom is 0.182 e. The van der Waals surface area contributed by atoms with Crippen LogP contribution in [-0.4, -0.2) is 12.4 Å². The van der Waals surface area contributed by atoms with Crippen LogP contribution in [-0.2, 0) is 6.54 Å². The molecule has 0 N–H and O–H groups in total. The number of hydrogen-bond donors (Lipinski definition) is 0. The van der Waals surface area contributed by atoms with Crippen LogP contribution in [0.15, 0.2) is 53.3 Å². The highest BCUT2D eigenvalue weighted by molar-refractivity contribution is 9.10. The highest BCUT2D eigenvalue weighted by Crippen LogP contribution is 2.17. The van der Waals surface area contributed by atoms with Gasteiger partial charge in [0, 0.05) is 10.5 Å². The lowest BCUT2D eigenvalue weighted by Gasteiger charge is -2.04. The van der Waals surface area contributed by atoms with E-state index in [2.05, 4.69) is 15.9 Å². The molecule has 4 heteroatoms. The van der Waals surface area contributed by atoms with Crippen molar-refractivity contribution >= 4 is 21.7 Å². The highest BCUT2D eigenvalue weighted by atomic mass is 79.9. The zero-order valence-corrected chi connectivity index (χ0v) is 12.3. The van der Waals surface area contributed by atoms with E-state index in [0.717, 1.165) is 10.2 Å². The number of aromatic nitrogens is 1. The van der Waals surface area contributed by atoms with Gasteiger partial charge in [-0.15, -0.1) is 0 Å². The third kappa shape index (κ3) is 4.17. The summed E-state index contributed by atoms with van der Waals surface area (Å²) in [5, 5.41) is 0. The summed E-state index contributed by atoms with van der Waals surface area (Å²) < 4.78 is 8.60. The topological polar surface area (TPSA) is 30.2 Å². The molecule has 0 radical (unpaired) electrons. The first kappa shape index (κ1) is 13.7. The van der Waals surface area contributed by atoms with Gasteiger partial charge < -0.3 is 4.74 Å². The van der Waals surface area contributed by atoms with E-state index in [4.69, 9.17) is 4.74 Å². The molecular weight excluding hydrogens is 306 g/mol. The molecule has 1 aromatic carbocycles. The first-order valence-electron chi connectivity index (χ1n) is 6.03. The van der Waals surface area contributed by atoms with Crippen molar-refractivity contribution in [1.82, 2.24) is 0 Å². The molecule has 19 heavy (non-hydrogen) atoms. The normalized spacial score (nSPS) is 10.2. The number of halogens is 1. The minimum atomic E-state index is 0.0715. The fraction of sp³-hybridized carbons (Fsp3) is 0.200. The van der Waals surface area contributed by atoms with Crippen LogP contribution >= 0.6 is 15.9 Å². The molecule has 0 unspecified atom stereocenters. The van der Waals surface area contributed by atoms with E-state index >= 15 is 0 Å². The van der Waals surface area contributed by atoms with Crippen LogP contribution in [0.2, 0.25) is 0 Å². The van der Waals surface area contributed by atoms with Gasteiger partial charge in [0.05, 0.1) is 5.56 Å². The molecule has 0 aliphatic carbocycles. The molecule has 0 amide bonds. The molecule has 0 bridgehead atoms. The summed E-state index contributed by atoms with van der Waals surface area (Å²) in [6.45, 7) is 2.83. The number of rotatable bonds is 5. The van der Waals surface area contributed by atoms with E-state index in [0.29, 0.717) is 18.7 Å². The maximum absolute atomic E-state index is 11.3. The van der Waals surface area contributed by atoms with Gasteiger partial charge >= 0.3 is 0 Å². The summed E-state index contributed by atoms with van der Waals surface area (Å²) in [5.41, 5.74) is 0.713. The Morgan fingerprint density at radius 1 is 1.32 bits per heavy atom. The Labute approximate surface area is 121 Å². The third-order valence-corrected chi connectivity index (χ3v) is 3.17. The molecule has 0 aliphatic rings. The van der Waals surface area contributed by atoms with E-state index in [1.807, 2.05) is 53.4 Å². The van der Waals surface area contributed by atoms with Crippen molar-refractivity contribution in [3.8, 4) is 5.75 Å². The van der Waals surface area contributed by atoms with E-state index in [-0.39, 0.29) is 5.78 Å². The second-order valence-corrected chi connectivity index (χ2v) is 5.11. The van der Waals surface area contributed by atoms with Gasteiger partial charge in [0.25, 0.3) is 0 Å². The van der Waals surface area contributed by atoms with Crippen molar-refractivity contribution in [1.29, 1.82) is 0 Å². The smallest absolute Gasteiger partial charge is 0.182 e. The lowest BCUT2D eigenvalue weighted by Crippen LogP contribution is -2.36. The van der Waals surface area contributed by atoms with Crippen LogP contribution < -0.4 is 9.30 Å². The molecule has 0 saturated carbocycles. The van der Waals surface area contributed by atoms with Crippen LogP contribution in [0.4, 0.5) is 0 Å². The van der Waals surface area contributed by atoms with Crippen molar-refractivity contribution in [2.45, 2.75) is 13.5 Å². The Kier molecular flexibility index (Phi) is 4.68. The molecular formula is C15H15BrNO2+. The molecule has 1 aromatic heterocycles. The monoisotopic (exact) mass is 320 g/mol. The molecule has 0 atom stereocenters. The standard InChI is InChI=1S/C15H15BrNO2/c1-12(18)13-4-3-7-17(11-13)8-9-19-15-6-2-5-14(16)10-15/h2-7,10-11H,8-9H2,1H3/q+1. The summed E-state index contributed by atoms with van der Waals surface area (Å²) in [6.07, 6.45) is 3.77. The predicted octanol–water partition coefficient (Wildman–Crippen LogP) is 3.02. The van der Waals surface area contributed by atoms with Crippen LogP contribution in [0.3, 0.4) is 0 Å². The van der Waals surface area contributed by atoms with Gasteiger partial charge in [0.15, 0.2) is 24.7 Å². The number of pyridine rings is 1. The second-order valence-electron chi connectivity index (χ2n) is 4.19. The molecule has 0 saturated heterocycles. The average molecular weight is 321 g/mol. The van der Waals surface area contributed by atoms with Crippen LogP contribution in [0.5, 0.6) is 5.75 Å². The summed E-state index contributed by atoms with van der Waals surface area (Å²) in [4.78, 5) is 11.3. The van der Waals surface area contributed by atoms with Crippen molar-refractivity contribution in [3.63, 3.8) is 0 Å². The summed E-state index contributed by atoms with van der Waals surface area (Å²) in [7, 11) is 0. The minimum Gasteiger partial charge on any atom is -0.487 e. The Bertz CT molecular complexity index is 584. The average Bonchev–Trinajstić information content (AvgIpc) is 2.39. The fourth-order valence-electron chi connectivity index (χ4n) is 1.69. The SMILES string of the molecule is CC(=O)c1ccc[n+](CCOc2cccc(Br)c2)c1. The van der Waals surface area contributed by atoms with Crippen LogP contribution in [0, 0.1) is 0 Å². The van der Waals surface area contributed by atoms with Crippen molar-refractivity contribution in [2.24, 2.45) is 0 Å². The van der Waals surface area contributed by atoms with Crippen molar-refractivity contribution < 1.29 is 14.1 Å². The number of ketones is 1. The lowest BCUT2D eigenvalue weighted by molar-refractivity contribution is -0.697. The quantitative estimate of drug-likeness (QED) is 0.626. The number of carbonyl (C=O) groups is 1. The number of carbonyl (C=O) groups excluding carboxylic acids is 1. The minimum absolute atomic E-state index is 0.0715. The molecule has 1 heterocycles. The molecule has 0 aliphatic heterocycles. The van der Waals surface area contributed by atoms with Gasteiger partial charge in [0.1, 0.15) is 12.4 Å². The first-order chi connectivity index (χ1) is 9.15. The van der Waals surface area contributed by atoms with Gasteiger partial charge in [-0.05, 0) is 31.2 Å². The fourth-order valence-corrected chi connectivity index (χ4v) is 2.07. The molecule has 2 aromatic rings. The van der Waals surface area contributed by atoms with Crippen molar-refractivity contribution in [3.05, 3.63) is 58.8 Å². The number of Topliss-reactive ketones (excluding diaryl/α,β-unsaturated/α-hetero) is 1. The second kappa shape index (κ2) is 6.48. The molecule has 0 fully saturated rings. The molecule has 2 rings (SSSR count). The Morgan fingerprint density at radius 2 is 2.16 bits per heavy atom. The van der Waals surface area contributed by atoms with E-state index in [1.165, 1.54) is 0 Å². The molecule has 98 valence electrons. The van der Waals surface area contributed by atoms with E-state index in [1.54, 1.807) is 6.92 Å². The summed E-state index contributed by atoms with van der Waals surface area (Å²) in [6, 6.07) is 11.4. The van der Waals surface area contributed by atoms with Gasteiger partial charge in [0.2, 0.25) is 0 Å². The zero-order chi connectivity index (χ0) is 13.7. The van der Waals surface area contributed by atoms with Gasteiger partial charge in [-0.3, -0.25) is 4.79 Å².